The Hall–Kier alpha value is -4.34. The summed E-state index contributed by atoms with van der Waals surface area (Å²) in [6.07, 6.45) is 0. The fraction of sp³-hybridized carbons (Fsp3) is 0.405. The summed E-state index contributed by atoms with van der Waals surface area (Å²) in [5, 5.41) is 11.4. The second-order valence-corrected chi connectivity index (χ2v) is 13.5. The number of nitrogens with zero attached hydrogens (tertiary/aromatic N) is 7. The van der Waals surface area contributed by atoms with Gasteiger partial charge in [-0.3, -0.25) is 19.6 Å². The highest BCUT2D eigenvalue weighted by Gasteiger charge is 2.45. The second-order valence-electron chi connectivity index (χ2n) is 12.7. The molecule has 0 saturated carbocycles. The Morgan fingerprint density at radius 2 is 1.54 bits per heavy atom. The number of ether oxygens (including phenoxy) is 2. The number of urea groups is 1. The molecule has 50 heavy (non-hydrogen) atoms. The van der Waals surface area contributed by atoms with Crippen LogP contribution < -0.4 is 9.64 Å². The Labute approximate surface area is 303 Å². The van der Waals surface area contributed by atoms with Crippen molar-refractivity contribution in [3.63, 3.8) is 0 Å². The van der Waals surface area contributed by atoms with Crippen molar-refractivity contribution in [2.45, 2.75) is 19.0 Å². The number of piperazine rings is 1. The highest BCUT2D eigenvalue weighted by molar-refractivity contribution is 6.30. The van der Waals surface area contributed by atoms with Gasteiger partial charge in [0.25, 0.3) is 0 Å². The summed E-state index contributed by atoms with van der Waals surface area (Å²) in [7, 11) is 3.74. The van der Waals surface area contributed by atoms with Gasteiger partial charge in [0.2, 0.25) is 5.91 Å². The Kier molecular flexibility index (Phi) is 11.1. The van der Waals surface area contributed by atoms with Crippen molar-refractivity contribution in [3.05, 3.63) is 93.0 Å². The fourth-order valence-electron chi connectivity index (χ4n) is 6.69. The number of anilines is 1. The summed E-state index contributed by atoms with van der Waals surface area (Å²) in [6, 6.07) is 19.6. The zero-order valence-corrected chi connectivity index (χ0v) is 30.0. The summed E-state index contributed by atoms with van der Waals surface area (Å²) in [4.78, 5) is 42.6. The molecule has 3 heterocycles. The molecular weight excluding hydrogens is 677 g/mol. The average molecular weight is 719 g/mol. The molecule has 0 radical (unpaired) electrons. The van der Waals surface area contributed by atoms with Gasteiger partial charge >= 0.3 is 6.03 Å². The van der Waals surface area contributed by atoms with Crippen LogP contribution >= 0.6 is 23.2 Å². The SMILES string of the molecule is CCOc1cc(N(C)C)c(C#N)cc1C1=N[C@@H](c2ccc(Cl)cc2)C(c2ccc(Cl)cc2)N1C(=O)N1CCN(CC(=O)N2CCOCC2)CC1. The van der Waals surface area contributed by atoms with E-state index in [9.17, 15) is 14.9 Å². The maximum absolute atomic E-state index is 14.9. The first-order chi connectivity index (χ1) is 24.2. The predicted octanol–water partition coefficient (Wildman–Crippen LogP) is 5.47. The van der Waals surface area contributed by atoms with E-state index in [0.717, 1.165) is 11.1 Å². The van der Waals surface area contributed by atoms with Crippen molar-refractivity contribution >= 4 is 46.7 Å². The first kappa shape index (κ1) is 35.5. The minimum atomic E-state index is -0.551. The second kappa shape index (κ2) is 15.7. The number of amidine groups is 1. The van der Waals surface area contributed by atoms with E-state index in [1.165, 1.54) is 0 Å². The number of hydrogen-bond acceptors (Lipinski definition) is 8. The lowest BCUT2D eigenvalue weighted by Gasteiger charge is -2.39. The van der Waals surface area contributed by atoms with Crippen LogP contribution in [0.2, 0.25) is 10.0 Å². The quantitative estimate of drug-likeness (QED) is 0.304. The van der Waals surface area contributed by atoms with Crippen LogP contribution in [0.4, 0.5) is 10.5 Å². The van der Waals surface area contributed by atoms with Gasteiger partial charge in [-0.15, -0.1) is 0 Å². The number of aliphatic imine (C=N–C) groups is 1. The lowest BCUT2D eigenvalue weighted by atomic mass is 9.93. The first-order valence-electron chi connectivity index (χ1n) is 16.8. The number of amides is 3. The highest BCUT2D eigenvalue weighted by atomic mass is 35.5. The normalized spacial score (nSPS) is 19.6. The molecule has 3 aliphatic rings. The van der Waals surface area contributed by atoms with Gasteiger partial charge in [-0.2, -0.15) is 5.26 Å². The van der Waals surface area contributed by atoms with E-state index in [2.05, 4.69) is 11.0 Å². The van der Waals surface area contributed by atoms with E-state index in [-0.39, 0.29) is 11.9 Å². The molecule has 0 bridgehead atoms. The molecule has 11 nitrogen and oxygen atoms in total. The Morgan fingerprint density at radius 3 is 2.12 bits per heavy atom. The molecule has 0 aliphatic carbocycles. The molecule has 3 aliphatic heterocycles. The number of hydrogen-bond donors (Lipinski definition) is 0. The molecule has 0 spiro atoms. The van der Waals surface area contributed by atoms with Crippen LogP contribution in [-0.2, 0) is 9.53 Å². The number of morpholine rings is 1. The van der Waals surface area contributed by atoms with Crippen molar-refractivity contribution in [2.75, 3.05) is 84.6 Å². The third-order valence-corrected chi connectivity index (χ3v) is 9.81. The van der Waals surface area contributed by atoms with Gasteiger partial charge in [0, 0.05) is 69.5 Å². The van der Waals surface area contributed by atoms with Gasteiger partial charge in [0.05, 0.1) is 49.2 Å². The number of carbonyl (C=O) groups is 2. The van der Waals surface area contributed by atoms with E-state index in [0.29, 0.717) is 104 Å². The molecule has 2 fully saturated rings. The molecule has 2 atom stereocenters. The van der Waals surface area contributed by atoms with Crippen LogP contribution in [0.1, 0.15) is 41.3 Å². The molecule has 6 rings (SSSR count). The zero-order chi connectivity index (χ0) is 35.4. The molecule has 262 valence electrons. The van der Waals surface area contributed by atoms with Crippen molar-refractivity contribution in [2.24, 2.45) is 4.99 Å². The van der Waals surface area contributed by atoms with Crippen molar-refractivity contribution in [3.8, 4) is 11.8 Å². The predicted molar refractivity (Wildman–Crippen MR) is 194 cm³/mol. The van der Waals surface area contributed by atoms with E-state index < -0.39 is 12.1 Å². The van der Waals surface area contributed by atoms with Crippen LogP contribution in [0.15, 0.2) is 65.7 Å². The summed E-state index contributed by atoms with van der Waals surface area (Å²) < 4.78 is 11.6. The lowest BCUT2D eigenvalue weighted by molar-refractivity contribution is -0.136. The topological polar surface area (TPSA) is 105 Å². The largest absolute Gasteiger partial charge is 0.493 e. The number of benzene rings is 3. The third-order valence-electron chi connectivity index (χ3n) is 9.30. The zero-order valence-electron chi connectivity index (χ0n) is 28.5. The Morgan fingerprint density at radius 1 is 0.920 bits per heavy atom. The van der Waals surface area contributed by atoms with Crippen LogP contribution in [0.25, 0.3) is 0 Å². The van der Waals surface area contributed by atoms with Gasteiger partial charge < -0.3 is 24.2 Å². The molecule has 3 aromatic rings. The minimum Gasteiger partial charge on any atom is -0.493 e. The number of carbonyl (C=O) groups excluding carboxylic acids is 2. The van der Waals surface area contributed by atoms with E-state index in [1.54, 1.807) is 11.0 Å². The number of halogens is 2. The molecule has 3 aromatic carbocycles. The first-order valence-corrected chi connectivity index (χ1v) is 17.6. The number of rotatable bonds is 8. The van der Waals surface area contributed by atoms with Crippen molar-refractivity contribution in [1.82, 2.24) is 19.6 Å². The lowest BCUT2D eigenvalue weighted by Crippen LogP contribution is -2.56. The Bertz CT molecular complexity index is 1760. The molecule has 1 unspecified atom stereocenters. The minimum absolute atomic E-state index is 0.0774. The average Bonchev–Trinajstić information content (AvgIpc) is 3.53. The van der Waals surface area contributed by atoms with Crippen molar-refractivity contribution < 1.29 is 19.1 Å². The molecule has 0 N–H and O–H groups in total. The van der Waals surface area contributed by atoms with E-state index in [4.69, 9.17) is 37.7 Å². The van der Waals surface area contributed by atoms with Crippen molar-refractivity contribution in [1.29, 1.82) is 5.26 Å². The molecular formula is C37H41Cl2N7O4. The monoisotopic (exact) mass is 717 g/mol. The van der Waals surface area contributed by atoms with E-state index in [1.807, 2.05) is 90.3 Å². The summed E-state index contributed by atoms with van der Waals surface area (Å²) in [5.74, 6) is 1.00. The molecule has 3 amide bonds. The van der Waals surface area contributed by atoms with Crippen LogP contribution in [0.3, 0.4) is 0 Å². The van der Waals surface area contributed by atoms with Gasteiger partial charge in [0.1, 0.15) is 23.7 Å². The maximum atomic E-state index is 14.9. The summed E-state index contributed by atoms with van der Waals surface area (Å²) >= 11 is 12.6. The smallest absolute Gasteiger partial charge is 0.326 e. The maximum Gasteiger partial charge on any atom is 0.326 e. The van der Waals surface area contributed by atoms with E-state index >= 15 is 0 Å². The van der Waals surface area contributed by atoms with Gasteiger partial charge in [-0.1, -0.05) is 47.5 Å². The third kappa shape index (κ3) is 7.54. The van der Waals surface area contributed by atoms with Gasteiger partial charge in [0.15, 0.2) is 0 Å². The summed E-state index contributed by atoms with van der Waals surface area (Å²) in [6.45, 7) is 6.84. The van der Waals surface area contributed by atoms with Crippen LogP contribution in [0.5, 0.6) is 5.75 Å². The van der Waals surface area contributed by atoms with Gasteiger partial charge in [-0.25, -0.2) is 4.79 Å². The molecule has 2 saturated heterocycles. The van der Waals surface area contributed by atoms with Crippen LogP contribution in [-0.4, -0.2) is 117 Å². The fourth-order valence-corrected chi connectivity index (χ4v) is 6.94. The van der Waals surface area contributed by atoms with Gasteiger partial charge in [-0.05, 0) is 48.4 Å². The molecule has 13 heteroatoms. The standard InChI is InChI=1S/C37H41Cl2N7O4/c1-4-50-32-22-31(42(2)3)27(23-40)21-30(32)36-41-34(25-5-9-28(38)10-6-25)35(26-7-11-29(39)12-8-26)46(36)37(48)45-15-13-43(14-16-45)24-33(47)44-17-19-49-20-18-44/h5-12,21-22,34-35H,4,13-20,24H2,1-3H3/t34-,35?/m0/s1. The Balaban J connectivity index is 1.40. The van der Waals surface area contributed by atoms with Crippen LogP contribution in [0, 0.1) is 11.3 Å². The highest BCUT2D eigenvalue weighted by Crippen LogP contribution is 2.46. The summed E-state index contributed by atoms with van der Waals surface area (Å²) in [5.41, 5.74) is 3.39. The number of nitriles is 1. The molecule has 0 aromatic heterocycles.